The minimum atomic E-state index is 0.387. The summed E-state index contributed by atoms with van der Waals surface area (Å²) < 4.78 is 4.84. The zero-order valence-corrected chi connectivity index (χ0v) is 6.43. The zero-order valence-electron chi connectivity index (χ0n) is 4.79. The molecule has 0 spiro atoms. The predicted molar refractivity (Wildman–Crippen MR) is 42.9 cm³/mol. The van der Waals surface area contributed by atoms with Crippen LogP contribution >= 0.6 is 23.9 Å². The standard InChI is InChI=1S/C4H8N2OS2/c1-3(8-5)7-4(2)9-6/h1-2,5-6H2. The van der Waals surface area contributed by atoms with Crippen LogP contribution in [0.2, 0.25) is 0 Å². The van der Waals surface area contributed by atoms with E-state index in [1.165, 1.54) is 0 Å². The fraction of sp³-hybridized carbons (Fsp3) is 0. The SMILES string of the molecule is C=C(OC(=C)SN)SN. The molecule has 5 heteroatoms. The van der Waals surface area contributed by atoms with E-state index in [9.17, 15) is 0 Å². The summed E-state index contributed by atoms with van der Waals surface area (Å²) in [6.45, 7) is 6.89. The minimum absolute atomic E-state index is 0.387. The van der Waals surface area contributed by atoms with Gasteiger partial charge in [0.15, 0.2) is 10.2 Å². The second kappa shape index (κ2) is 4.75. The minimum Gasteiger partial charge on any atom is -0.442 e. The van der Waals surface area contributed by atoms with E-state index in [0.29, 0.717) is 10.2 Å². The van der Waals surface area contributed by atoms with Crippen molar-refractivity contribution in [3.05, 3.63) is 23.3 Å². The summed E-state index contributed by atoms with van der Waals surface area (Å²) in [6, 6.07) is 0. The van der Waals surface area contributed by atoms with Crippen LogP contribution in [0.4, 0.5) is 0 Å². The first-order chi connectivity index (χ1) is 4.20. The van der Waals surface area contributed by atoms with Crippen molar-refractivity contribution in [3.8, 4) is 0 Å². The van der Waals surface area contributed by atoms with Gasteiger partial charge in [-0.1, -0.05) is 0 Å². The van der Waals surface area contributed by atoms with Gasteiger partial charge < -0.3 is 4.74 Å². The van der Waals surface area contributed by atoms with Gasteiger partial charge in [-0.05, 0) is 37.1 Å². The van der Waals surface area contributed by atoms with Crippen LogP contribution < -0.4 is 10.3 Å². The third kappa shape index (κ3) is 4.41. The lowest BCUT2D eigenvalue weighted by Crippen LogP contribution is -1.89. The Morgan fingerprint density at radius 1 is 1.11 bits per heavy atom. The highest BCUT2D eigenvalue weighted by Crippen LogP contribution is 2.15. The molecule has 0 saturated heterocycles. The van der Waals surface area contributed by atoms with E-state index < -0.39 is 0 Å². The molecule has 52 valence electrons. The third-order valence-electron chi connectivity index (χ3n) is 0.491. The molecule has 0 unspecified atom stereocenters. The van der Waals surface area contributed by atoms with Crippen LogP contribution in [0.1, 0.15) is 0 Å². The van der Waals surface area contributed by atoms with Crippen LogP contribution in [-0.4, -0.2) is 0 Å². The molecule has 0 fully saturated rings. The molecule has 0 aliphatic carbocycles. The van der Waals surface area contributed by atoms with E-state index in [4.69, 9.17) is 15.0 Å². The van der Waals surface area contributed by atoms with Gasteiger partial charge in [0.2, 0.25) is 0 Å². The van der Waals surface area contributed by atoms with Crippen LogP contribution in [0.5, 0.6) is 0 Å². The summed E-state index contributed by atoms with van der Waals surface area (Å²) in [5, 5.41) is 10.9. The molecule has 0 saturated carbocycles. The first kappa shape index (κ1) is 8.90. The van der Waals surface area contributed by atoms with Crippen molar-refractivity contribution in [2.24, 2.45) is 10.3 Å². The van der Waals surface area contributed by atoms with E-state index in [0.717, 1.165) is 23.9 Å². The maximum absolute atomic E-state index is 5.08. The molecule has 0 heterocycles. The number of ether oxygens (including phenoxy) is 1. The van der Waals surface area contributed by atoms with E-state index in [1.54, 1.807) is 0 Å². The molecular formula is C4H8N2OS2. The van der Waals surface area contributed by atoms with Crippen molar-refractivity contribution in [2.45, 2.75) is 0 Å². The summed E-state index contributed by atoms with van der Waals surface area (Å²) >= 11 is 1.84. The van der Waals surface area contributed by atoms with Gasteiger partial charge in [-0.2, -0.15) is 0 Å². The Hall–Kier alpha value is -0.100. The highest BCUT2D eigenvalue weighted by molar-refractivity contribution is 8.01. The Kier molecular flexibility index (Phi) is 4.70. The fourth-order valence-corrected chi connectivity index (χ4v) is 0.525. The summed E-state index contributed by atoms with van der Waals surface area (Å²) in [7, 11) is 0. The maximum Gasteiger partial charge on any atom is 0.169 e. The molecule has 0 rings (SSSR count). The first-order valence-corrected chi connectivity index (χ1v) is 3.75. The van der Waals surface area contributed by atoms with Gasteiger partial charge in [-0.3, -0.25) is 10.3 Å². The monoisotopic (exact) mass is 164 g/mol. The molecule has 4 N–H and O–H groups in total. The Morgan fingerprint density at radius 2 is 1.44 bits per heavy atom. The lowest BCUT2D eigenvalue weighted by Gasteiger charge is -2.03. The Morgan fingerprint density at radius 3 is 1.67 bits per heavy atom. The van der Waals surface area contributed by atoms with Crippen molar-refractivity contribution in [1.82, 2.24) is 0 Å². The Balaban J connectivity index is 3.47. The summed E-state index contributed by atoms with van der Waals surface area (Å²) in [6.07, 6.45) is 0. The maximum atomic E-state index is 5.08. The van der Waals surface area contributed by atoms with E-state index in [-0.39, 0.29) is 0 Å². The average Bonchev–Trinajstić information content (AvgIpc) is 1.87. The van der Waals surface area contributed by atoms with Crippen LogP contribution in [-0.2, 0) is 4.74 Å². The van der Waals surface area contributed by atoms with Crippen LogP contribution in [0.25, 0.3) is 0 Å². The molecular weight excluding hydrogens is 156 g/mol. The molecule has 0 aromatic carbocycles. The molecule has 3 nitrogen and oxygen atoms in total. The molecule has 0 radical (unpaired) electrons. The Labute approximate surface area is 62.8 Å². The van der Waals surface area contributed by atoms with Crippen LogP contribution in [0.3, 0.4) is 0 Å². The average molecular weight is 164 g/mol. The van der Waals surface area contributed by atoms with Crippen molar-refractivity contribution in [3.63, 3.8) is 0 Å². The van der Waals surface area contributed by atoms with Gasteiger partial charge in [-0.15, -0.1) is 0 Å². The smallest absolute Gasteiger partial charge is 0.169 e. The summed E-state index contributed by atoms with van der Waals surface area (Å²) in [4.78, 5) is 0. The molecule has 0 aromatic heterocycles. The van der Waals surface area contributed by atoms with Crippen LogP contribution in [0, 0.1) is 0 Å². The van der Waals surface area contributed by atoms with E-state index in [1.807, 2.05) is 0 Å². The Bertz CT molecular complexity index is 112. The predicted octanol–water partition coefficient (Wildman–Crippen LogP) is 1.16. The topological polar surface area (TPSA) is 61.3 Å². The van der Waals surface area contributed by atoms with Crippen molar-refractivity contribution >= 4 is 23.9 Å². The highest BCUT2D eigenvalue weighted by Gasteiger charge is 1.94. The molecule has 9 heavy (non-hydrogen) atoms. The van der Waals surface area contributed by atoms with Crippen LogP contribution in [0.15, 0.2) is 23.3 Å². The lowest BCUT2D eigenvalue weighted by atomic mass is 11.0. The number of rotatable bonds is 4. The van der Waals surface area contributed by atoms with E-state index >= 15 is 0 Å². The number of hydrogen-bond donors (Lipinski definition) is 2. The normalized spacial score (nSPS) is 8.67. The third-order valence-corrected chi connectivity index (χ3v) is 1.18. The summed E-state index contributed by atoms with van der Waals surface area (Å²) in [5.74, 6) is 0. The van der Waals surface area contributed by atoms with Crippen molar-refractivity contribution in [2.75, 3.05) is 0 Å². The molecule has 0 bridgehead atoms. The van der Waals surface area contributed by atoms with Gasteiger partial charge in [-0.25, -0.2) is 0 Å². The van der Waals surface area contributed by atoms with Crippen molar-refractivity contribution in [1.29, 1.82) is 0 Å². The first-order valence-electron chi connectivity index (χ1n) is 2.00. The molecule has 0 amide bonds. The number of hydrogen-bond acceptors (Lipinski definition) is 5. The largest absolute Gasteiger partial charge is 0.442 e. The van der Waals surface area contributed by atoms with Gasteiger partial charge >= 0.3 is 0 Å². The van der Waals surface area contributed by atoms with E-state index in [2.05, 4.69) is 13.2 Å². The number of nitrogens with two attached hydrogens (primary N) is 2. The van der Waals surface area contributed by atoms with Crippen molar-refractivity contribution < 1.29 is 4.74 Å². The molecule has 0 aliphatic rings. The van der Waals surface area contributed by atoms with Gasteiger partial charge in [0.1, 0.15) is 0 Å². The fourth-order valence-electron chi connectivity index (χ4n) is 0.175. The molecule has 0 aromatic rings. The lowest BCUT2D eigenvalue weighted by molar-refractivity contribution is 0.378. The summed E-state index contributed by atoms with van der Waals surface area (Å²) in [5.41, 5.74) is 0. The molecule has 0 aliphatic heterocycles. The van der Waals surface area contributed by atoms with Gasteiger partial charge in [0.25, 0.3) is 0 Å². The second-order valence-corrected chi connectivity index (χ2v) is 2.46. The van der Waals surface area contributed by atoms with Gasteiger partial charge in [0.05, 0.1) is 0 Å². The quantitative estimate of drug-likeness (QED) is 0.482. The highest BCUT2D eigenvalue weighted by atomic mass is 32.2. The zero-order chi connectivity index (χ0) is 7.28. The van der Waals surface area contributed by atoms with Gasteiger partial charge in [0, 0.05) is 0 Å². The molecule has 0 atom stereocenters. The second-order valence-electron chi connectivity index (χ2n) is 1.08.